The maximum absolute atomic E-state index is 13.0. The summed E-state index contributed by atoms with van der Waals surface area (Å²) in [4.78, 5) is 12.7. The number of amides is 1. The van der Waals surface area contributed by atoms with Gasteiger partial charge in [-0.3, -0.25) is 9.52 Å². The molecule has 9 heteroatoms. The number of hydrogen-bond donors (Lipinski definition) is 2. The van der Waals surface area contributed by atoms with Crippen molar-refractivity contribution in [2.24, 2.45) is 0 Å². The number of rotatable bonds is 3. The van der Waals surface area contributed by atoms with Gasteiger partial charge >= 0.3 is 10.2 Å². The summed E-state index contributed by atoms with van der Waals surface area (Å²) in [5, 5.41) is 12.3. The molecule has 2 aliphatic heterocycles. The smallest absolute Gasteiger partial charge is 0.302 e. The summed E-state index contributed by atoms with van der Waals surface area (Å²) in [5.41, 5.74) is 0.388. The molecule has 27 heavy (non-hydrogen) atoms. The molecule has 2 aromatic rings. The van der Waals surface area contributed by atoms with Gasteiger partial charge < -0.3 is 5.32 Å². The quantitative estimate of drug-likeness (QED) is 0.842. The summed E-state index contributed by atoms with van der Waals surface area (Å²) < 4.78 is 42.1. The maximum atomic E-state index is 13.0. The summed E-state index contributed by atoms with van der Waals surface area (Å²) in [6.45, 7) is -0.148. The SMILES string of the molecule is N#C[C@@H]1C[C@@]2(CN1S(=O)(=O)Nc1ccc(F)cc1)C(=O)Nc1ccccc12. The van der Waals surface area contributed by atoms with Crippen LogP contribution in [0.25, 0.3) is 0 Å². The molecule has 1 saturated heterocycles. The molecule has 4 rings (SSSR count). The average molecular weight is 386 g/mol. The monoisotopic (exact) mass is 386 g/mol. The Bertz CT molecular complexity index is 1060. The van der Waals surface area contributed by atoms with Crippen LogP contribution in [0.3, 0.4) is 0 Å². The number of fused-ring (bicyclic) bond motifs is 2. The normalized spacial score (nSPS) is 24.4. The minimum Gasteiger partial charge on any atom is -0.325 e. The van der Waals surface area contributed by atoms with Crippen molar-refractivity contribution < 1.29 is 17.6 Å². The molecule has 2 atom stereocenters. The lowest BCUT2D eigenvalue weighted by Gasteiger charge is -2.23. The third-order valence-electron chi connectivity index (χ3n) is 4.99. The zero-order valence-corrected chi connectivity index (χ0v) is 14.8. The average Bonchev–Trinajstić information content (AvgIpc) is 3.17. The van der Waals surface area contributed by atoms with E-state index in [0.717, 1.165) is 16.4 Å². The van der Waals surface area contributed by atoms with Gasteiger partial charge in [0.05, 0.1) is 11.5 Å². The van der Waals surface area contributed by atoms with Crippen molar-refractivity contribution in [3.05, 3.63) is 59.9 Å². The third kappa shape index (κ3) is 2.74. The van der Waals surface area contributed by atoms with Gasteiger partial charge in [-0.2, -0.15) is 18.0 Å². The van der Waals surface area contributed by atoms with Crippen LogP contribution in [0.1, 0.15) is 12.0 Å². The standard InChI is InChI=1S/C18H15FN4O3S/c19-12-5-7-13(8-6-12)22-27(25,26)23-11-18(9-14(23)10-20)15-3-1-2-4-16(15)21-17(18)24/h1-8,14,22H,9,11H2,(H,21,24)/t14-,18-/m0/s1. The summed E-state index contributed by atoms with van der Waals surface area (Å²) in [6, 6.07) is 12.9. The second-order valence-electron chi connectivity index (χ2n) is 6.59. The number of nitrogens with one attached hydrogen (secondary N) is 2. The Kier molecular flexibility index (Phi) is 3.91. The summed E-state index contributed by atoms with van der Waals surface area (Å²) in [7, 11) is -4.12. The number of carbonyl (C=O) groups is 1. The highest BCUT2D eigenvalue weighted by atomic mass is 32.2. The molecule has 1 amide bonds. The van der Waals surface area contributed by atoms with Crippen molar-refractivity contribution in [3.63, 3.8) is 0 Å². The number of nitrogens with zero attached hydrogens (tertiary/aromatic N) is 2. The molecule has 0 aliphatic carbocycles. The number of halogens is 1. The van der Waals surface area contributed by atoms with Crippen LogP contribution in [-0.2, 0) is 20.4 Å². The Labute approximate surface area is 155 Å². The van der Waals surface area contributed by atoms with Crippen LogP contribution in [0.5, 0.6) is 0 Å². The molecule has 0 aromatic heterocycles. The Morgan fingerprint density at radius 1 is 1.22 bits per heavy atom. The molecule has 1 fully saturated rings. The fraction of sp³-hybridized carbons (Fsp3) is 0.222. The van der Waals surface area contributed by atoms with Gasteiger partial charge in [0.15, 0.2) is 0 Å². The molecule has 0 radical (unpaired) electrons. The molecule has 2 aliphatic rings. The molecule has 0 bridgehead atoms. The Morgan fingerprint density at radius 3 is 2.63 bits per heavy atom. The molecule has 2 N–H and O–H groups in total. The summed E-state index contributed by atoms with van der Waals surface area (Å²) in [6.07, 6.45) is 0.0661. The van der Waals surface area contributed by atoms with Crippen molar-refractivity contribution in [3.8, 4) is 6.07 Å². The minimum atomic E-state index is -4.12. The highest BCUT2D eigenvalue weighted by molar-refractivity contribution is 7.90. The van der Waals surface area contributed by atoms with Crippen molar-refractivity contribution >= 4 is 27.5 Å². The zero-order chi connectivity index (χ0) is 19.2. The van der Waals surface area contributed by atoms with E-state index in [1.54, 1.807) is 24.3 Å². The maximum Gasteiger partial charge on any atom is 0.302 e. The fourth-order valence-corrected chi connectivity index (χ4v) is 5.09. The van der Waals surface area contributed by atoms with Gasteiger partial charge in [0.1, 0.15) is 11.9 Å². The van der Waals surface area contributed by atoms with E-state index in [1.165, 1.54) is 12.1 Å². The molecule has 2 heterocycles. The van der Waals surface area contributed by atoms with E-state index in [1.807, 2.05) is 6.07 Å². The van der Waals surface area contributed by atoms with Gasteiger partial charge in [0, 0.05) is 17.9 Å². The van der Waals surface area contributed by atoms with E-state index in [9.17, 15) is 22.9 Å². The number of anilines is 2. The molecule has 0 unspecified atom stereocenters. The minimum absolute atomic E-state index is 0.0661. The van der Waals surface area contributed by atoms with Crippen molar-refractivity contribution in [2.75, 3.05) is 16.6 Å². The van der Waals surface area contributed by atoms with Gasteiger partial charge in [0.2, 0.25) is 5.91 Å². The van der Waals surface area contributed by atoms with Gasteiger partial charge in [-0.15, -0.1) is 0 Å². The first kappa shape index (κ1) is 17.5. The van der Waals surface area contributed by atoms with E-state index < -0.39 is 27.5 Å². The van der Waals surface area contributed by atoms with E-state index in [-0.39, 0.29) is 24.6 Å². The van der Waals surface area contributed by atoms with Crippen LogP contribution < -0.4 is 10.0 Å². The lowest BCUT2D eigenvalue weighted by Crippen LogP contribution is -2.42. The number of benzene rings is 2. The van der Waals surface area contributed by atoms with Gasteiger partial charge in [-0.05, 0) is 42.3 Å². The highest BCUT2D eigenvalue weighted by Crippen LogP contribution is 2.46. The van der Waals surface area contributed by atoms with E-state index in [0.29, 0.717) is 11.3 Å². The molecule has 1 spiro atoms. The lowest BCUT2D eigenvalue weighted by atomic mass is 9.80. The fourth-order valence-electron chi connectivity index (χ4n) is 3.69. The Hall–Kier alpha value is -2.96. The van der Waals surface area contributed by atoms with Crippen LogP contribution in [0.4, 0.5) is 15.8 Å². The van der Waals surface area contributed by atoms with Crippen molar-refractivity contribution in [2.45, 2.75) is 17.9 Å². The van der Waals surface area contributed by atoms with Crippen LogP contribution in [-0.4, -0.2) is 31.2 Å². The van der Waals surface area contributed by atoms with E-state index >= 15 is 0 Å². The van der Waals surface area contributed by atoms with Gasteiger partial charge in [-0.25, -0.2) is 4.39 Å². The topological polar surface area (TPSA) is 102 Å². The second kappa shape index (κ2) is 6.04. The zero-order valence-electron chi connectivity index (χ0n) is 14.0. The third-order valence-corrected chi connectivity index (χ3v) is 6.48. The number of carbonyl (C=O) groups excluding carboxylic acids is 1. The summed E-state index contributed by atoms with van der Waals surface area (Å²) >= 11 is 0. The molecule has 0 saturated carbocycles. The van der Waals surface area contributed by atoms with Crippen LogP contribution >= 0.6 is 0 Å². The van der Waals surface area contributed by atoms with Crippen LogP contribution in [0.2, 0.25) is 0 Å². The van der Waals surface area contributed by atoms with Gasteiger partial charge in [-0.1, -0.05) is 18.2 Å². The number of para-hydroxylation sites is 1. The molecular weight excluding hydrogens is 371 g/mol. The lowest BCUT2D eigenvalue weighted by molar-refractivity contribution is -0.120. The van der Waals surface area contributed by atoms with Crippen LogP contribution in [0, 0.1) is 17.1 Å². The second-order valence-corrected chi connectivity index (χ2v) is 8.21. The predicted octanol–water partition coefficient (Wildman–Crippen LogP) is 1.97. The first-order valence-corrected chi connectivity index (χ1v) is 9.65. The molecule has 138 valence electrons. The van der Waals surface area contributed by atoms with Gasteiger partial charge in [0.25, 0.3) is 0 Å². The molecule has 7 nitrogen and oxygen atoms in total. The largest absolute Gasteiger partial charge is 0.325 e. The number of hydrogen-bond acceptors (Lipinski definition) is 4. The Morgan fingerprint density at radius 2 is 1.93 bits per heavy atom. The molecular formula is C18H15FN4O3S. The van der Waals surface area contributed by atoms with Crippen molar-refractivity contribution in [1.82, 2.24) is 4.31 Å². The number of nitriles is 1. The molecule has 2 aromatic carbocycles. The van der Waals surface area contributed by atoms with E-state index in [2.05, 4.69) is 10.0 Å². The first-order chi connectivity index (χ1) is 12.9. The predicted molar refractivity (Wildman–Crippen MR) is 96.4 cm³/mol. The first-order valence-electron chi connectivity index (χ1n) is 8.21. The Balaban J connectivity index is 1.69. The van der Waals surface area contributed by atoms with E-state index in [4.69, 9.17) is 0 Å². The highest BCUT2D eigenvalue weighted by Gasteiger charge is 2.57. The van der Waals surface area contributed by atoms with Crippen molar-refractivity contribution in [1.29, 1.82) is 5.26 Å². The van der Waals surface area contributed by atoms with Crippen LogP contribution in [0.15, 0.2) is 48.5 Å². The summed E-state index contributed by atoms with van der Waals surface area (Å²) in [5.74, 6) is -0.810.